The zero-order valence-corrected chi connectivity index (χ0v) is 18.5. The lowest BCUT2D eigenvalue weighted by Crippen LogP contribution is -1.99. The first-order chi connectivity index (χ1) is 17.2. The summed E-state index contributed by atoms with van der Waals surface area (Å²) >= 11 is 0. The number of fused-ring (bicyclic) bond motifs is 3. The van der Waals surface area contributed by atoms with Gasteiger partial charge in [0.25, 0.3) is 0 Å². The van der Waals surface area contributed by atoms with Crippen molar-refractivity contribution in [2.24, 2.45) is 0 Å². The van der Waals surface area contributed by atoms with Gasteiger partial charge in [-0.25, -0.2) is 9.78 Å². The monoisotopic (exact) mass is 464 g/mol. The number of pyridine rings is 1. The second-order valence-electron chi connectivity index (χ2n) is 6.94. The number of carbonyl (C=O) groups excluding carboxylic acids is 2. The van der Waals surface area contributed by atoms with E-state index in [4.69, 9.17) is 19.1 Å². The topological polar surface area (TPSA) is 110 Å². The van der Waals surface area contributed by atoms with Gasteiger partial charge in [-0.3, -0.25) is 0 Å². The minimum absolute atomic E-state index is 0.00783. The van der Waals surface area contributed by atoms with Gasteiger partial charge in [0.1, 0.15) is 24.9 Å². The van der Waals surface area contributed by atoms with Crippen LogP contribution in [0.15, 0.2) is 89.5 Å². The molecule has 0 spiro atoms. The van der Waals surface area contributed by atoms with Gasteiger partial charge in [-0.05, 0) is 36.4 Å². The second-order valence-corrected chi connectivity index (χ2v) is 6.94. The number of carboxylic acid groups (broad SMARTS) is 1. The summed E-state index contributed by atoms with van der Waals surface area (Å²) in [6.07, 6.45) is 1.46. The van der Waals surface area contributed by atoms with E-state index in [2.05, 4.69) is 22.1 Å². The van der Waals surface area contributed by atoms with E-state index in [1.165, 1.54) is 12.3 Å². The molecule has 3 aromatic carbocycles. The highest BCUT2D eigenvalue weighted by molar-refractivity contribution is 6.09. The van der Waals surface area contributed by atoms with Crippen molar-refractivity contribution < 1.29 is 23.9 Å². The second kappa shape index (κ2) is 11.6. The molecule has 5 rings (SSSR count). The molecule has 35 heavy (non-hydrogen) atoms. The molecule has 0 bridgehead atoms. The normalized spacial score (nSPS) is 9.60. The third-order valence-electron chi connectivity index (χ3n) is 4.92. The first-order valence-electron chi connectivity index (χ1n) is 10.2. The third kappa shape index (κ3) is 5.41. The summed E-state index contributed by atoms with van der Waals surface area (Å²) in [6.45, 7) is 4.00. The number of aromatic nitrogens is 1. The van der Waals surface area contributed by atoms with E-state index in [-0.39, 0.29) is 5.69 Å². The molecule has 0 aliphatic heterocycles. The van der Waals surface area contributed by atoms with E-state index in [0.717, 1.165) is 38.9 Å². The SMILES string of the molecule is C=O.C=O.O=C(O)c1ccc(C#Cc2ccccc2Nc2cccc3c2oc2ccccc23)cn1. The van der Waals surface area contributed by atoms with Crippen molar-refractivity contribution >= 4 is 52.9 Å². The summed E-state index contributed by atoms with van der Waals surface area (Å²) in [5, 5.41) is 14.5. The molecule has 0 saturated carbocycles. The number of hydrogen-bond donors (Lipinski definition) is 2. The third-order valence-corrected chi connectivity index (χ3v) is 4.92. The lowest BCUT2D eigenvalue weighted by molar-refractivity contribution is -0.0987. The standard InChI is InChI=1S/C26H16N2O3.2CH2O/c29-26(30)23-15-13-17(16-27-23)12-14-18-6-1-3-9-21(18)28-22-10-5-8-20-19-7-2-4-11-24(19)31-25(20)22;2*1-2/h1-11,13,15-16,28H,(H,29,30);2*1H2. The number of hydrogen-bond acceptors (Lipinski definition) is 6. The summed E-state index contributed by atoms with van der Waals surface area (Å²) in [6, 6.07) is 24.8. The van der Waals surface area contributed by atoms with Crippen LogP contribution in [0.5, 0.6) is 0 Å². The Labute approximate surface area is 201 Å². The highest BCUT2D eigenvalue weighted by Crippen LogP contribution is 2.34. The maximum atomic E-state index is 10.9. The van der Waals surface area contributed by atoms with E-state index in [1.54, 1.807) is 6.07 Å². The summed E-state index contributed by atoms with van der Waals surface area (Å²) in [5.74, 6) is 5.12. The van der Waals surface area contributed by atoms with Gasteiger partial charge in [-0.2, -0.15) is 0 Å². The number of benzene rings is 3. The molecule has 0 aliphatic carbocycles. The van der Waals surface area contributed by atoms with Crippen molar-refractivity contribution in [1.82, 2.24) is 4.98 Å². The summed E-state index contributed by atoms with van der Waals surface area (Å²) in [7, 11) is 0. The van der Waals surface area contributed by atoms with Gasteiger partial charge in [-0.15, -0.1) is 0 Å². The minimum Gasteiger partial charge on any atom is -0.477 e. The van der Waals surface area contributed by atoms with Crippen molar-refractivity contribution in [1.29, 1.82) is 0 Å². The summed E-state index contributed by atoms with van der Waals surface area (Å²) in [5.41, 5.74) is 4.77. The first-order valence-corrected chi connectivity index (χ1v) is 10.2. The zero-order valence-electron chi connectivity index (χ0n) is 18.5. The largest absolute Gasteiger partial charge is 0.477 e. The fourth-order valence-corrected chi connectivity index (χ4v) is 3.43. The number of para-hydroxylation sites is 3. The zero-order chi connectivity index (χ0) is 25.2. The Morgan fingerprint density at radius 3 is 2.23 bits per heavy atom. The first kappa shape index (κ1) is 24.4. The Bertz CT molecular complexity index is 1530. The highest BCUT2D eigenvalue weighted by atomic mass is 16.4. The lowest BCUT2D eigenvalue weighted by atomic mass is 10.1. The molecule has 7 nitrogen and oxygen atoms in total. The van der Waals surface area contributed by atoms with Gasteiger partial charge in [0.2, 0.25) is 0 Å². The molecule has 2 heterocycles. The molecular formula is C28H20N2O5. The van der Waals surface area contributed by atoms with Crippen LogP contribution in [0.4, 0.5) is 11.4 Å². The van der Waals surface area contributed by atoms with Crippen molar-refractivity contribution in [2.45, 2.75) is 0 Å². The fraction of sp³-hybridized carbons (Fsp3) is 0. The number of anilines is 2. The van der Waals surface area contributed by atoms with Gasteiger partial charge < -0.3 is 24.4 Å². The van der Waals surface area contributed by atoms with Crippen LogP contribution < -0.4 is 5.32 Å². The predicted molar refractivity (Wildman–Crippen MR) is 135 cm³/mol. The number of carbonyl (C=O) groups is 3. The molecular weight excluding hydrogens is 444 g/mol. The van der Waals surface area contributed by atoms with Crippen LogP contribution in [-0.4, -0.2) is 29.6 Å². The fourth-order valence-electron chi connectivity index (χ4n) is 3.43. The van der Waals surface area contributed by atoms with Crippen LogP contribution in [0.2, 0.25) is 0 Å². The molecule has 5 aromatic rings. The highest BCUT2D eigenvalue weighted by Gasteiger charge is 2.11. The number of carboxylic acids is 1. The molecule has 172 valence electrons. The van der Waals surface area contributed by atoms with Crippen LogP contribution >= 0.6 is 0 Å². The van der Waals surface area contributed by atoms with E-state index >= 15 is 0 Å². The average molecular weight is 464 g/mol. The van der Waals surface area contributed by atoms with Crippen molar-refractivity contribution in [3.8, 4) is 11.8 Å². The maximum absolute atomic E-state index is 10.9. The van der Waals surface area contributed by atoms with Gasteiger partial charge in [-0.1, -0.05) is 54.3 Å². The maximum Gasteiger partial charge on any atom is 0.354 e. The Hall–Kier alpha value is -5.22. The van der Waals surface area contributed by atoms with Crippen LogP contribution in [0, 0.1) is 11.8 Å². The predicted octanol–water partition coefficient (Wildman–Crippen LogP) is 5.45. The molecule has 0 radical (unpaired) electrons. The number of furan rings is 1. The molecule has 7 heteroatoms. The smallest absolute Gasteiger partial charge is 0.354 e. The molecule has 0 aliphatic rings. The van der Waals surface area contributed by atoms with Crippen LogP contribution in [0.3, 0.4) is 0 Å². The summed E-state index contributed by atoms with van der Waals surface area (Å²) in [4.78, 5) is 30.9. The van der Waals surface area contributed by atoms with Crippen molar-refractivity contribution in [3.63, 3.8) is 0 Å². The van der Waals surface area contributed by atoms with Gasteiger partial charge in [0, 0.05) is 28.1 Å². The molecule has 0 amide bonds. The van der Waals surface area contributed by atoms with Gasteiger partial charge in [0.15, 0.2) is 5.58 Å². The van der Waals surface area contributed by atoms with E-state index in [0.29, 0.717) is 5.56 Å². The number of aromatic carboxylic acids is 1. The number of rotatable bonds is 3. The average Bonchev–Trinajstić information content (AvgIpc) is 3.30. The van der Waals surface area contributed by atoms with Crippen molar-refractivity contribution in [2.75, 3.05) is 5.32 Å². The van der Waals surface area contributed by atoms with Crippen LogP contribution in [-0.2, 0) is 9.59 Å². The quantitative estimate of drug-likeness (QED) is 0.342. The minimum atomic E-state index is -1.06. The Kier molecular flexibility index (Phi) is 8.09. The van der Waals surface area contributed by atoms with Crippen LogP contribution in [0.25, 0.3) is 21.9 Å². The Morgan fingerprint density at radius 1 is 0.800 bits per heavy atom. The number of nitrogens with zero attached hydrogens (tertiary/aromatic N) is 1. The molecule has 0 atom stereocenters. The Balaban J connectivity index is 0.000000815. The number of nitrogens with one attached hydrogen (secondary N) is 1. The van der Waals surface area contributed by atoms with E-state index in [1.807, 2.05) is 80.3 Å². The molecule has 0 saturated heterocycles. The van der Waals surface area contributed by atoms with Gasteiger partial charge in [0.05, 0.1) is 11.4 Å². The molecule has 0 fully saturated rings. The van der Waals surface area contributed by atoms with Crippen molar-refractivity contribution in [3.05, 3.63) is 102 Å². The Morgan fingerprint density at radius 2 is 1.49 bits per heavy atom. The lowest BCUT2D eigenvalue weighted by Gasteiger charge is -2.09. The van der Waals surface area contributed by atoms with E-state index < -0.39 is 5.97 Å². The summed E-state index contributed by atoms with van der Waals surface area (Å²) < 4.78 is 6.10. The molecule has 0 unspecified atom stereocenters. The van der Waals surface area contributed by atoms with E-state index in [9.17, 15) is 4.79 Å². The van der Waals surface area contributed by atoms with Crippen LogP contribution in [0.1, 0.15) is 21.6 Å². The van der Waals surface area contributed by atoms with Gasteiger partial charge >= 0.3 is 5.97 Å². The molecule has 2 aromatic heterocycles. The molecule has 2 N–H and O–H groups in total.